The average Bonchev–Trinajstić information content (AvgIpc) is 3.55. The number of carbonyl (C=O) groups excluding carboxylic acids is 2. The number of rotatable bonds is 15. The van der Waals surface area contributed by atoms with Crippen molar-refractivity contribution in [3.63, 3.8) is 0 Å². The number of hydrogen-bond acceptors (Lipinski definition) is 8. The first kappa shape index (κ1) is 31.2. The Bertz CT molecular complexity index is 1350. The molecule has 0 spiro atoms. The summed E-state index contributed by atoms with van der Waals surface area (Å²) in [7, 11) is 3.29. The van der Waals surface area contributed by atoms with Crippen LogP contribution in [-0.4, -0.2) is 36.0 Å². The van der Waals surface area contributed by atoms with Crippen LogP contribution in [0.4, 0.5) is 10.3 Å². The number of nitrogens with one attached hydrogen (secondary N) is 2. The van der Waals surface area contributed by atoms with Crippen molar-refractivity contribution in [3.8, 4) is 34.0 Å². The first-order chi connectivity index (χ1) is 20.4. The first-order valence-corrected chi connectivity index (χ1v) is 15.8. The van der Waals surface area contributed by atoms with Gasteiger partial charge in [0, 0.05) is 33.7 Å². The average molecular weight is 607 g/mol. The molecule has 4 rings (SSSR count). The van der Waals surface area contributed by atoms with Gasteiger partial charge in [-0.3, -0.25) is 9.59 Å². The summed E-state index contributed by atoms with van der Waals surface area (Å²) in [4.78, 5) is 36.2. The third-order valence-electron chi connectivity index (χ3n) is 6.87. The number of methoxy groups -OCH3 is 2. The Kier molecular flexibility index (Phi) is 11.5. The van der Waals surface area contributed by atoms with Crippen molar-refractivity contribution in [2.24, 2.45) is 0 Å². The number of hydrogen-bond donors (Lipinski definition) is 2. The molecule has 8 nitrogen and oxygen atoms in total. The summed E-state index contributed by atoms with van der Waals surface area (Å²) in [6, 6.07) is 15.5. The topological polar surface area (TPSA) is 102 Å². The lowest BCUT2D eigenvalue weighted by Crippen LogP contribution is -2.11. The quantitative estimate of drug-likeness (QED) is 0.132. The second kappa shape index (κ2) is 15.5. The molecule has 0 atom stereocenters. The molecule has 0 aliphatic carbocycles. The number of amides is 2. The lowest BCUT2D eigenvalue weighted by atomic mass is 10.1. The maximum atomic E-state index is 12.4. The Balaban J connectivity index is 1.08. The van der Waals surface area contributed by atoms with Crippen LogP contribution in [-0.2, 0) is 9.59 Å². The molecule has 0 bridgehead atoms. The van der Waals surface area contributed by atoms with E-state index < -0.39 is 0 Å². The van der Waals surface area contributed by atoms with E-state index in [1.807, 2.05) is 62.4 Å². The van der Waals surface area contributed by atoms with Gasteiger partial charge in [-0.25, -0.2) is 9.97 Å². The molecule has 0 radical (unpaired) electrons. The van der Waals surface area contributed by atoms with Crippen molar-refractivity contribution >= 4 is 44.8 Å². The van der Waals surface area contributed by atoms with Gasteiger partial charge in [-0.2, -0.15) is 0 Å². The van der Waals surface area contributed by atoms with E-state index in [1.54, 1.807) is 14.2 Å². The van der Waals surface area contributed by atoms with Gasteiger partial charge in [0.2, 0.25) is 11.8 Å². The van der Waals surface area contributed by atoms with Crippen LogP contribution < -0.4 is 20.1 Å². The van der Waals surface area contributed by atoms with Gasteiger partial charge in [-0.15, -0.1) is 22.7 Å². The number of aryl methyl sites for hydroxylation is 2. The smallest absolute Gasteiger partial charge is 0.226 e. The number of anilines is 2. The Morgan fingerprint density at radius 3 is 1.33 bits per heavy atom. The highest BCUT2D eigenvalue weighted by molar-refractivity contribution is 7.16. The van der Waals surface area contributed by atoms with Crippen LogP contribution in [0.5, 0.6) is 11.5 Å². The van der Waals surface area contributed by atoms with E-state index in [0.29, 0.717) is 23.1 Å². The van der Waals surface area contributed by atoms with Gasteiger partial charge in [-0.1, -0.05) is 25.7 Å². The van der Waals surface area contributed by atoms with Crippen molar-refractivity contribution in [2.75, 3.05) is 24.9 Å². The van der Waals surface area contributed by atoms with E-state index in [0.717, 1.165) is 82.3 Å². The number of ether oxygens (including phenoxy) is 2. The minimum Gasteiger partial charge on any atom is -0.497 e. The van der Waals surface area contributed by atoms with Crippen molar-refractivity contribution in [1.82, 2.24) is 9.97 Å². The van der Waals surface area contributed by atoms with Gasteiger partial charge < -0.3 is 20.1 Å². The molecule has 0 unspecified atom stereocenters. The van der Waals surface area contributed by atoms with Gasteiger partial charge in [0.15, 0.2) is 10.3 Å². The molecule has 2 N–H and O–H groups in total. The molecule has 0 fully saturated rings. The number of benzene rings is 2. The van der Waals surface area contributed by atoms with Crippen molar-refractivity contribution in [2.45, 2.75) is 65.2 Å². The largest absolute Gasteiger partial charge is 0.497 e. The zero-order valence-corrected chi connectivity index (χ0v) is 26.3. The fraction of sp³-hybridized carbons (Fsp3) is 0.375. The molecule has 2 heterocycles. The van der Waals surface area contributed by atoms with Crippen LogP contribution in [0.1, 0.15) is 61.1 Å². The van der Waals surface area contributed by atoms with Gasteiger partial charge in [0.1, 0.15) is 11.5 Å². The molecule has 42 heavy (non-hydrogen) atoms. The van der Waals surface area contributed by atoms with Crippen LogP contribution in [0.25, 0.3) is 22.5 Å². The van der Waals surface area contributed by atoms with Crippen LogP contribution in [0.2, 0.25) is 0 Å². The van der Waals surface area contributed by atoms with Crippen molar-refractivity contribution in [3.05, 3.63) is 58.3 Å². The van der Waals surface area contributed by atoms with Crippen LogP contribution in [0.3, 0.4) is 0 Å². The van der Waals surface area contributed by atoms with Crippen LogP contribution >= 0.6 is 22.7 Å². The second-order valence-corrected chi connectivity index (χ2v) is 12.4. The fourth-order valence-electron chi connectivity index (χ4n) is 4.57. The lowest BCUT2D eigenvalue weighted by molar-refractivity contribution is -0.117. The summed E-state index contributed by atoms with van der Waals surface area (Å²) in [6.45, 7) is 4.02. The highest BCUT2D eigenvalue weighted by Crippen LogP contribution is 2.32. The molecule has 10 heteroatoms. The standard InChI is InChI=1S/C32H38N4O4S2/c1-21-29(23-13-17-25(39-3)18-14-23)35-31(41-21)33-27(37)11-9-7-5-6-8-10-12-28(38)34-32-36-30(22(2)42-32)24-15-19-26(40-4)20-16-24/h13-20H,5-12H2,1-4H3,(H,33,35,37)(H,34,36,38). The lowest BCUT2D eigenvalue weighted by Gasteiger charge is -2.04. The molecule has 4 aromatic rings. The predicted molar refractivity (Wildman–Crippen MR) is 172 cm³/mol. The summed E-state index contributed by atoms with van der Waals surface area (Å²) in [6.07, 6.45) is 6.69. The normalized spacial score (nSPS) is 10.9. The minimum absolute atomic E-state index is 0.00530. The minimum atomic E-state index is -0.00530. The molecule has 2 aromatic carbocycles. The molecule has 2 aromatic heterocycles. The number of unbranched alkanes of at least 4 members (excludes halogenated alkanes) is 5. The summed E-state index contributed by atoms with van der Waals surface area (Å²) in [5.41, 5.74) is 3.76. The van der Waals surface area contributed by atoms with E-state index in [2.05, 4.69) is 20.6 Å². The number of nitrogens with zero attached hydrogens (tertiary/aromatic N) is 2. The molecule has 2 amide bonds. The number of aromatic nitrogens is 2. The zero-order valence-electron chi connectivity index (χ0n) is 24.6. The van der Waals surface area contributed by atoms with E-state index in [4.69, 9.17) is 9.47 Å². The Morgan fingerprint density at radius 1 is 0.619 bits per heavy atom. The van der Waals surface area contributed by atoms with E-state index in [1.165, 1.54) is 22.7 Å². The summed E-state index contributed by atoms with van der Waals surface area (Å²) in [5.74, 6) is 1.59. The van der Waals surface area contributed by atoms with Gasteiger partial charge >= 0.3 is 0 Å². The van der Waals surface area contributed by atoms with Gasteiger partial charge in [0.25, 0.3) is 0 Å². The molecular weight excluding hydrogens is 569 g/mol. The van der Waals surface area contributed by atoms with Gasteiger partial charge in [0.05, 0.1) is 25.6 Å². The van der Waals surface area contributed by atoms with Crippen molar-refractivity contribution < 1.29 is 19.1 Å². The summed E-state index contributed by atoms with van der Waals surface area (Å²) >= 11 is 2.98. The van der Waals surface area contributed by atoms with E-state index in [9.17, 15) is 9.59 Å². The van der Waals surface area contributed by atoms with Gasteiger partial charge in [-0.05, 0) is 75.2 Å². The van der Waals surface area contributed by atoms with Crippen molar-refractivity contribution in [1.29, 1.82) is 0 Å². The molecule has 0 saturated heterocycles. The highest BCUT2D eigenvalue weighted by Gasteiger charge is 2.14. The van der Waals surface area contributed by atoms with E-state index >= 15 is 0 Å². The first-order valence-electron chi connectivity index (χ1n) is 14.2. The van der Waals surface area contributed by atoms with E-state index in [-0.39, 0.29) is 11.8 Å². The fourth-order valence-corrected chi connectivity index (χ4v) is 6.28. The molecular formula is C32H38N4O4S2. The summed E-state index contributed by atoms with van der Waals surface area (Å²) in [5, 5.41) is 7.16. The van der Waals surface area contributed by atoms with Crippen LogP contribution in [0.15, 0.2) is 48.5 Å². The summed E-state index contributed by atoms with van der Waals surface area (Å²) < 4.78 is 10.4. The molecule has 222 valence electrons. The Hall–Kier alpha value is -3.76. The Labute approximate surface area is 255 Å². The Morgan fingerprint density at radius 2 is 0.976 bits per heavy atom. The molecule has 0 saturated carbocycles. The third-order valence-corrected chi connectivity index (χ3v) is 8.64. The maximum Gasteiger partial charge on any atom is 0.226 e. The monoisotopic (exact) mass is 606 g/mol. The maximum absolute atomic E-state index is 12.4. The molecule has 0 aliphatic rings. The highest BCUT2D eigenvalue weighted by atomic mass is 32.1. The second-order valence-electron chi connectivity index (χ2n) is 10.0. The SMILES string of the molecule is COc1ccc(-c2nc(NC(=O)CCCCCCCCC(=O)Nc3nc(-c4ccc(OC)cc4)c(C)s3)sc2C)cc1. The zero-order chi connectivity index (χ0) is 29.9. The molecule has 0 aliphatic heterocycles. The third kappa shape index (κ3) is 8.87. The van der Waals surface area contributed by atoms with Crippen LogP contribution in [0, 0.1) is 13.8 Å². The number of thiazole rings is 2. The number of carbonyl (C=O) groups is 2. The predicted octanol–water partition coefficient (Wildman–Crippen LogP) is 8.27.